The van der Waals surface area contributed by atoms with Crippen molar-refractivity contribution < 1.29 is 9.72 Å². The normalized spacial score (nSPS) is 11.2. The van der Waals surface area contributed by atoms with E-state index in [0.717, 1.165) is 0 Å². The van der Waals surface area contributed by atoms with Crippen molar-refractivity contribution in [2.24, 2.45) is 0 Å². The molecule has 0 aliphatic rings. The molecule has 0 unspecified atom stereocenters. The fraction of sp³-hybridized carbons (Fsp3) is 0.417. The number of nitrogens with zero attached hydrogens (tertiary/aromatic N) is 1. The molecule has 0 aromatic heterocycles. The van der Waals surface area contributed by atoms with Gasteiger partial charge in [0.2, 0.25) is 0 Å². The van der Waals surface area contributed by atoms with Crippen LogP contribution in [0.5, 0.6) is 0 Å². The van der Waals surface area contributed by atoms with Gasteiger partial charge in [0.1, 0.15) is 0 Å². The SMILES string of the molecule is CSC(C)(C)CNC(=O)c1cc([N+](=O)[O-])ccc1Cl. The molecule has 104 valence electrons. The molecule has 0 bridgehead atoms. The highest BCUT2D eigenvalue weighted by atomic mass is 35.5. The Labute approximate surface area is 120 Å². The second-order valence-corrected chi connectivity index (χ2v) is 6.49. The molecule has 0 atom stereocenters. The van der Waals surface area contributed by atoms with Crippen molar-refractivity contribution in [3.05, 3.63) is 38.9 Å². The minimum Gasteiger partial charge on any atom is -0.351 e. The predicted molar refractivity (Wildman–Crippen MR) is 78.0 cm³/mol. The van der Waals surface area contributed by atoms with Gasteiger partial charge in [-0.15, -0.1) is 0 Å². The molecule has 0 aliphatic heterocycles. The highest BCUT2D eigenvalue weighted by Crippen LogP contribution is 2.23. The molecule has 0 radical (unpaired) electrons. The molecule has 0 heterocycles. The third kappa shape index (κ3) is 4.40. The van der Waals surface area contributed by atoms with E-state index in [1.807, 2.05) is 20.1 Å². The summed E-state index contributed by atoms with van der Waals surface area (Å²) >= 11 is 7.51. The largest absolute Gasteiger partial charge is 0.351 e. The summed E-state index contributed by atoms with van der Waals surface area (Å²) < 4.78 is -0.108. The second-order valence-electron chi connectivity index (χ2n) is 4.57. The van der Waals surface area contributed by atoms with Gasteiger partial charge in [-0.1, -0.05) is 11.6 Å². The van der Waals surface area contributed by atoms with Gasteiger partial charge < -0.3 is 5.32 Å². The van der Waals surface area contributed by atoms with Crippen molar-refractivity contribution >= 4 is 35.0 Å². The number of rotatable bonds is 5. The number of nitro benzene ring substituents is 1. The summed E-state index contributed by atoms with van der Waals surface area (Å²) in [5.41, 5.74) is -0.0357. The Balaban J connectivity index is 2.88. The van der Waals surface area contributed by atoms with E-state index in [-0.39, 0.29) is 21.0 Å². The van der Waals surface area contributed by atoms with Crippen molar-refractivity contribution in [1.82, 2.24) is 5.32 Å². The third-order valence-electron chi connectivity index (χ3n) is 2.63. The molecule has 0 spiro atoms. The van der Waals surface area contributed by atoms with Crippen LogP contribution in [0, 0.1) is 10.1 Å². The van der Waals surface area contributed by atoms with E-state index in [1.165, 1.54) is 18.2 Å². The van der Waals surface area contributed by atoms with E-state index in [4.69, 9.17) is 11.6 Å². The van der Waals surface area contributed by atoms with E-state index in [9.17, 15) is 14.9 Å². The number of carbonyl (C=O) groups excluding carboxylic acids is 1. The number of halogens is 1. The highest BCUT2D eigenvalue weighted by Gasteiger charge is 2.20. The van der Waals surface area contributed by atoms with Gasteiger partial charge in [0, 0.05) is 23.4 Å². The molecular weight excluding hydrogens is 288 g/mol. The van der Waals surface area contributed by atoms with Crippen LogP contribution in [0.4, 0.5) is 5.69 Å². The number of nitrogens with one attached hydrogen (secondary N) is 1. The first kappa shape index (κ1) is 15.8. The van der Waals surface area contributed by atoms with Gasteiger partial charge in [-0.3, -0.25) is 14.9 Å². The number of carbonyl (C=O) groups is 1. The summed E-state index contributed by atoms with van der Waals surface area (Å²) in [6, 6.07) is 3.81. The van der Waals surface area contributed by atoms with Crippen LogP contribution in [0.15, 0.2) is 18.2 Å². The summed E-state index contributed by atoms with van der Waals surface area (Å²) in [5, 5.41) is 13.6. The third-order valence-corrected chi connectivity index (χ3v) is 4.21. The summed E-state index contributed by atoms with van der Waals surface area (Å²) in [6.45, 7) is 4.44. The smallest absolute Gasteiger partial charge is 0.270 e. The molecule has 0 saturated carbocycles. The maximum absolute atomic E-state index is 12.0. The molecule has 1 aromatic rings. The zero-order valence-electron chi connectivity index (χ0n) is 10.9. The van der Waals surface area contributed by atoms with Crippen LogP contribution in [0.25, 0.3) is 0 Å². The maximum atomic E-state index is 12.0. The molecule has 1 aromatic carbocycles. The Morgan fingerprint density at radius 2 is 2.16 bits per heavy atom. The molecule has 5 nitrogen and oxygen atoms in total. The molecule has 7 heteroatoms. The first-order valence-electron chi connectivity index (χ1n) is 5.54. The van der Waals surface area contributed by atoms with Crippen molar-refractivity contribution in [3.63, 3.8) is 0 Å². The lowest BCUT2D eigenvalue weighted by molar-refractivity contribution is -0.384. The first-order valence-corrected chi connectivity index (χ1v) is 7.14. The van der Waals surface area contributed by atoms with Crippen LogP contribution in [-0.2, 0) is 0 Å². The average Bonchev–Trinajstić information content (AvgIpc) is 2.36. The van der Waals surface area contributed by atoms with Gasteiger partial charge >= 0.3 is 0 Å². The lowest BCUT2D eigenvalue weighted by atomic mass is 10.1. The summed E-state index contributed by atoms with van der Waals surface area (Å²) in [5.74, 6) is -0.407. The Kier molecular flexibility index (Phi) is 5.20. The Morgan fingerprint density at radius 3 is 2.68 bits per heavy atom. The van der Waals surface area contributed by atoms with Crippen LogP contribution >= 0.6 is 23.4 Å². The molecule has 1 N–H and O–H groups in total. The topological polar surface area (TPSA) is 72.2 Å². The number of non-ortho nitro benzene ring substituents is 1. The number of amides is 1. The summed E-state index contributed by atoms with van der Waals surface area (Å²) in [7, 11) is 0. The average molecular weight is 303 g/mol. The van der Waals surface area contributed by atoms with Crippen LogP contribution < -0.4 is 5.32 Å². The van der Waals surface area contributed by atoms with Gasteiger partial charge in [-0.05, 0) is 26.2 Å². The molecule has 0 saturated heterocycles. The van der Waals surface area contributed by atoms with E-state index >= 15 is 0 Å². The number of nitro groups is 1. The van der Waals surface area contributed by atoms with Gasteiger partial charge in [-0.25, -0.2) is 0 Å². The van der Waals surface area contributed by atoms with E-state index < -0.39 is 10.8 Å². The van der Waals surface area contributed by atoms with Crippen LogP contribution in [0.3, 0.4) is 0 Å². The van der Waals surface area contributed by atoms with Crippen LogP contribution in [0.2, 0.25) is 5.02 Å². The van der Waals surface area contributed by atoms with Crippen molar-refractivity contribution in [2.45, 2.75) is 18.6 Å². The molecule has 0 fully saturated rings. The standard InChI is InChI=1S/C12H15ClN2O3S/c1-12(2,19-3)7-14-11(16)9-6-8(15(17)18)4-5-10(9)13/h4-6H,7H2,1-3H3,(H,14,16). The fourth-order valence-electron chi connectivity index (χ4n) is 1.26. The van der Waals surface area contributed by atoms with Crippen molar-refractivity contribution in [2.75, 3.05) is 12.8 Å². The zero-order valence-corrected chi connectivity index (χ0v) is 12.5. The number of thioether (sulfide) groups is 1. The number of benzene rings is 1. The predicted octanol–water partition coefficient (Wildman–Crippen LogP) is 3.12. The van der Waals surface area contributed by atoms with Gasteiger partial charge in [0.15, 0.2) is 0 Å². The number of hydrogen-bond donors (Lipinski definition) is 1. The Bertz CT molecular complexity index is 506. The Hall–Kier alpha value is -1.27. The molecule has 1 rings (SSSR count). The van der Waals surface area contributed by atoms with E-state index in [1.54, 1.807) is 11.8 Å². The minimum atomic E-state index is -0.557. The highest BCUT2D eigenvalue weighted by molar-refractivity contribution is 7.99. The maximum Gasteiger partial charge on any atom is 0.270 e. The van der Waals surface area contributed by atoms with E-state index in [0.29, 0.717) is 6.54 Å². The zero-order chi connectivity index (χ0) is 14.6. The van der Waals surface area contributed by atoms with Crippen LogP contribution in [-0.4, -0.2) is 28.4 Å². The van der Waals surface area contributed by atoms with E-state index in [2.05, 4.69) is 5.32 Å². The second kappa shape index (κ2) is 6.25. The minimum absolute atomic E-state index is 0.108. The van der Waals surface area contributed by atoms with Gasteiger partial charge in [0.05, 0.1) is 15.5 Å². The van der Waals surface area contributed by atoms with Crippen LogP contribution in [0.1, 0.15) is 24.2 Å². The van der Waals surface area contributed by atoms with Crippen molar-refractivity contribution in [3.8, 4) is 0 Å². The summed E-state index contributed by atoms with van der Waals surface area (Å²) in [4.78, 5) is 22.1. The fourth-order valence-corrected chi connectivity index (χ4v) is 1.68. The lowest BCUT2D eigenvalue weighted by Crippen LogP contribution is -2.36. The first-order chi connectivity index (χ1) is 8.76. The monoisotopic (exact) mass is 302 g/mol. The number of hydrogen-bond acceptors (Lipinski definition) is 4. The van der Waals surface area contributed by atoms with Gasteiger partial charge in [0.25, 0.3) is 11.6 Å². The quantitative estimate of drug-likeness (QED) is 0.670. The Morgan fingerprint density at radius 1 is 1.53 bits per heavy atom. The van der Waals surface area contributed by atoms with Crippen molar-refractivity contribution in [1.29, 1.82) is 0 Å². The lowest BCUT2D eigenvalue weighted by Gasteiger charge is -2.22. The molecular formula is C12H15ClN2O3S. The molecule has 1 amide bonds. The van der Waals surface area contributed by atoms with Gasteiger partial charge in [-0.2, -0.15) is 11.8 Å². The molecule has 19 heavy (non-hydrogen) atoms. The molecule has 0 aliphatic carbocycles. The summed E-state index contributed by atoms with van der Waals surface area (Å²) in [6.07, 6.45) is 1.95.